The molecule has 2 aliphatic carbocycles. The lowest BCUT2D eigenvalue weighted by atomic mass is 9.64. The molecule has 5 nitrogen and oxygen atoms in total. The zero-order valence-corrected chi connectivity index (χ0v) is 21.0. The van der Waals surface area contributed by atoms with Crippen LogP contribution in [0.2, 0.25) is 10.0 Å². The first kappa shape index (κ1) is 23.8. The molecule has 2 unspecified atom stereocenters. The summed E-state index contributed by atoms with van der Waals surface area (Å²) < 4.78 is 0. The number of hydrogen-bond acceptors (Lipinski definition) is 4. The van der Waals surface area contributed by atoms with Crippen molar-refractivity contribution in [2.24, 2.45) is 21.4 Å². The molecule has 1 N–H and O–H groups in total. The molecule has 174 valence electrons. The van der Waals surface area contributed by atoms with Gasteiger partial charge in [0.05, 0.1) is 21.7 Å². The van der Waals surface area contributed by atoms with Crippen molar-refractivity contribution in [3.8, 4) is 0 Å². The average molecular weight is 487 g/mol. The van der Waals surface area contributed by atoms with E-state index in [1.165, 1.54) is 12.1 Å². The molecule has 2 aromatic carbocycles. The van der Waals surface area contributed by atoms with Gasteiger partial charge in [0.15, 0.2) is 0 Å². The highest BCUT2D eigenvalue weighted by Gasteiger charge is 2.71. The van der Waals surface area contributed by atoms with Gasteiger partial charge in [-0.05, 0) is 67.5 Å². The zero-order chi connectivity index (χ0) is 24.2. The first-order valence-electron chi connectivity index (χ1n) is 11.0. The number of fused-ring (bicyclic) bond motifs is 2. The van der Waals surface area contributed by atoms with Crippen molar-refractivity contribution in [1.82, 2.24) is 0 Å². The second-order valence-electron chi connectivity index (χ2n) is 10.0. The maximum absolute atomic E-state index is 13.7. The molecule has 2 fully saturated rings. The number of anilines is 1. The monoisotopic (exact) mass is 486 g/mol. The molecule has 0 aromatic heterocycles. The summed E-state index contributed by atoms with van der Waals surface area (Å²) in [5, 5.41) is 8.09. The molecule has 0 radical (unpaired) electrons. The lowest BCUT2D eigenvalue weighted by Crippen LogP contribution is -2.43. The molecule has 2 saturated carbocycles. The highest BCUT2D eigenvalue weighted by molar-refractivity contribution is 6.36. The number of oxime groups is 1. The van der Waals surface area contributed by atoms with Crippen LogP contribution in [0, 0.1) is 30.1 Å². The van der Waals surface area contributed by atoms with Crippen LogP contribution in [0.25, 0.3) is 0 Å². The molecule has 7 heteroatoms. The summed E-state index contributed by atoms with van der Waals surface area (Å²) in [6.45, 7) is 10.3. The Labute approximate surface area is 204 Å². The summed E-state index contributed by atoms with van der Waals surface area (Å²) in [4.78, 5) is 31.6. The van der Waals surface area contributed by atoms with Gasteiger partial charge in [-0.1, -0.05) is 61.3 Å². The minimum Gasteiger partial charge on any atom is -0.325 e. The van der Waals surface area contributed by atoms with Crippen LogP contribution in [0.15, 0.2) is 41.6 Å². The molecule has 2 aliphatic rings. The maximum atomic E-state index is 13.7. The van der Waals surface area contributed by atoms with Crippen molar-refractivity contribution in [2.45, 2.75) is 53.9 Å². The Morgan fingerprint density at radius 2 is 1.76 bits per heavy atom. The van der Waals surface area contributed by atoms with E-state index >= 15 is 0 Å². The third-order valence-corrected chi connectivity index (χ3v) is 8.75. The van der Waals surface area contributed by atoms with Crippen LogP contribution in [0.3, 0.4) is 0 Å². The summed E-state index contributed by atoms with van der Waals surface area (Å²) >= 11 is 12.0. The van der Waals surface area contributed by atoms with Gasteiger partial charge >= 0.3 is 5.97 Å². The Morgan fingerprint density at radius 3 is 2.45 bits per heavy atom. The molecule has 0 saturated heterocycles. The fourth-order valence-electron chi connectivity index (χ4n) is 5.44. The van der Waals surface area contributed by atoms with Crippen LogP contribution in [0.5, 0.6) is 0 Å². The molecule has 33 heavy (non-hydrogen) atoms. The van der Waals surface area contributed by atoms with Gasteiger partial charge in [0.2, 0.25) is 5.91 Å². The smallest absolute Gasteiger partial charge is 0.325 e. The number of nitrogens with one attached hydrogen (secondary N) is 1. The van der Waals surface area contributed by atoms with E-state index in [0.717, 1.165) is 35.4 Å². The predicted octanol–water partition coefficient (Wildman–Crippen LogP) is 6.98. The summed E-state index contributed by atoms with van der Waals surface area (Å²) in [6.07, 6.45) is 1.98. The number of hydrogen-bond donors (Lipinski definition) is 1. The third kappa shape index (κ3) is 3.66. The Bertz CT molecular complexity index is 1190. The lowest BCUT2D eigenvalue weighted by molar-refractivity contribution is -0.130. The first-order valence-corrected chi connectivity index (χ1v) is 11.8. The van der Waals surface area contributed by atoms with Gasteiger partial charge in [-0.25, -0.2) is 4.79 Å². The van der Waals surface area contributed by atoms with Crippen LogP contribution >= 0.6 is 23.2 Å². The quantitative estimate of drug-likeness (QED) is 0.374. The third-order valence-electron chi connectivity index (χ3n) is 8.20. The number of aryl methyl sites for hydroxylation is 2. The van der Waals surface area contributed by atoms with Gasteiger partial charge in [0, 0.05) is 22.5 Å². The minimum absolute atomic E-state index is 0.0119. The van der Waals surface area contributed by atoms with Crippen LogP contribution in [0.4, 0.5) is 5.69 Å². The van der Waals surface area contributed by atoms with Gasteiger partial charge in [-0.15, -0.1) is 0 Å². The summed E-state index contributed by atoms with van der Waals surface area (Å²) in [7, 11) is 0. The molecule has 1 amide bonds. The van der Waals surface area contributed by atoms with E-state index in [0.29, 0.717) is 11.4 Å². The zero-order valence-electron chi connectivity index (χ0n) is 19.5. The van der Waals surface area contributed by atoms with E-state index in [9.17, 15) is 9.59 Å². The Balaban J connectivity index is 1.61. The summed E-state index contributed by atoms with van der Waals surface area (Å²) in [5.41, 5.74) is 2.49. The summed E-state index contributed by atoms with van der Waals surface area (Å²) in [6, 6.07) is 10.6. The van der Waals surface area contributed by atoms with Crippen LogP contribution in [-0.4, -0.2) is 17.6 Å². The topological polar surface area (TPSA) is 67.8 Å². The normalized spacial score (nSPS) is 26.5. The van der Waals surface area contributed by atoms with Crippen molar-refractivity contribution in [3.05, 3.63) is 63.1 Å². The van der Waals surface area contributed by atoms with Crippen molar-refractivity contribution in [1.29, 1.82) is 0 Å². The number of rotatable bonds is 4. The van der Waals surface area contributed by atoms with Gasteiger partial charge in [0.25, 0.3) is 0 Å². The summed E-state index contributed by atoms with van der Waals surface area (Å²) in [5.74, 6) is -0.663. The maximum Gasteiger partial charge on any atom is 0.367 e. The molecule has 2 bridgehead atoms. The van der Waals surface area contributed by atoms with E-state index < -0.39 is 11.4 Å². The van der Waals surface area contributed by atoms with E-state index in [1.807, 2.05) is 32.0 Å². The van der Waals surface area contributed by atoms with Crippen molar-refractivity contribution in [3.63, 3.8) is 0 Å². The number of carbonyl (C=O) groups excluding carboxylic acids is 2. The Morgan fingerprint density at radius 1 is 1.03 bits per heavy atom. The van der Waals surface area contributed by atoms with Crippen molar-refractivity contribution in [2.75, 3.05) is 5.32 Å². The fraction of sp³-hybridized carbons (Fsp3) is 0.423. The predicted molar refractivity (Wildman–Crippen MR) is 132 cm³/mol. The van der Waals surface area contributed by atoms with E-state index in [-0.39, 0.29) is 27.3 Å². The van der Waals surface area contributed by atoms with E-state index in [1.54, 1.807) is 6.07 Å². The molecular weight excluding hydrogens is 459 g/mol. The second-order valence-corrected chi connectivity index (χ2v) is 10.9. The van der Waals surface area contributed by atoms with Crippen LogP contribution in [-0.2, 0) is 9.63 Å². The first-order chi connectivity index (χ1) is 15.4. The molecule has 0 spiro atoms. The molecule has 2 aromatic rings. The number of halogens is 2. The Hall–Kier alpha value is -2.37. The average Bonchev–Trinajstić information content (AvgIpc) is 3.05. The fourth-order valence-corrected chi connectivity index (χ4v) is 5.92. The minimum atomic E-state index is -0.651. The molecule has 2 atom stereocenters. The number of carbonyl (C=O) groups is 2. The van der Waals surface area contributed by atoms with Crippen LogP contribution < -0.4 is 5.32 Å². The second kappa shape index (κ2) is 8.14. The van der Waals surface area contributed by atoms with Gasteiger partial charge in [0.1, 0.15) is 0 Å². The van der Waals surface area contributed by atoms with Crippen LogP contribution in [0.1, 0.15) is 61.5 Å². The van der Waals surface area contributed by atoms with Gasteiger partial charge < -0.3 is 10.2 Å². The molecule has 4 rings (SSSR count). The molecule has 0 aliphatic heterocycles. The highest BCUT2D eigenvalue weighted by Crippen LogP contribution is 2.71. The number of amides is 1. The Kier molecular flexibility index (Phi) is 5.86. The number of nitrogens with zero attached hydrogens (tertiary/aromatic N) is 1. The molecule has 0 heterocycles. The lowest BCUT2D eigenvalue weighted by Gasteiger charge is -2.39. The van der Waals surface area contributed by atoms with E-state index in [4.69, 9.17) is 28.0 Å². The van der Waals surface area contributed by atoms with E-state index in [2.05, 4.69) is 31.2 Å². The SMILES string of the molecule is Cc1ccc(C)c(NC(=O)C23CCC(C)(/C(=N\OC(=O)c4ccc(Cl)cc4Cl)C2)C3(C)C)c1. The van der Waals surface area contributed by atoms with Crippen molar-refractivity contribution >= 4 is 46.5 Å². The number of benzene rings is 2. The van der Waals surface area contributed by atoms with Gasteiger partial charge in [-0.2, -0.15) is 0 Å². The highest BCUT2D eigenvalue weighted by atomic mass is 35.5. The largest absolute Gasteiger partial charge is 0.367 e. The van der Waals surface area contributed by atoms with Gasteiger partial charge in [-0.3, -0.25) is 4.79 Å². The standard InChI is InChI=1S/C26H28Cl2N2O3/c1-15-6-7-16(2)20(12-15)29-23(32)26-11-10-25(5,24(26,3)4)21(14-26)30-33-22(31)18-9-8-17(27)13-19(18)28/h6-9,12-13H,10-11,14H2,1-5H3,(H,29,32)/b30-21-. The molecular formula is C26H28Cl2N2O3. The van der Waals surface area contributed by atoms with Crippen molar-refractivity contribution < 1.29 is 14.4 Å².